The van der Waals surface area contributed by atoms with Crippen molar-refractivity contribution in [2.24, 2.45) is 0 Å². The van der Waals surface area contributed by atoms with Gasteiger partial charge in [0.15, 0.2) is 0 Å². The Morgan fingerprint density at radius 3 is 1.94 bits per heavy atom. The van der Waals surface area contributed by atoms with Gasteiger partial charge in [0.05, 0.1) is 26.4 Å². The van der Waals surface area contributed by atoms with Crippen molar-refractivity contribution in [2.45, 2.75) is 27.0 Å². The molecule has 0 saturated heterocycles. The predicted octanol–water partition coefficient (Wildman–Crippen LogP) is 3.55. The number of sulfone groups is 1. The summed E-state index contributed by atoms with van der Waals surface area (Å²) in [5.74, 6) is 0. The number of halogens is 3. The Hall–Kier alpha value is -2.73. The van der Waals surface area contributed by atoms with Crippen LogP contribution in [0.1, 0.15) is 17.2 Å². The molecule has 0 radical (unpaired) electrons. The Balaban J connectivity index is 2.02. The average Bonchev–Trinajstić information content (AvgIpc) is 2.77. The Morgan fingerprint density at radius 2 is 1.38 bits per heavy atom. The van der Waals surface area contributed by atoms with Crippen LogP contribution in [0, 0.1) is 0 Å². The molecule has 0 aliphatic carbocycles. The molecule has 0 aliphatic heterocycles. The van der Waals surface area contributed by atoms with E-state index in [-0.39, 0.29) is 4.90 Å². The number of hydrogen-bond acceptors (Lipinski definition) is 5. The lowest BCUT2D eigenvalue weighted by Gasteiger charge is -2.17. The van der Waals surface area contributed by atoms with E-state index in [9.17, 15) is 35.1 Å². The lowest BCUT2D eigenvalue weighted by Crippen LogP contribution is -2.30. The average molecular weight is 486 g/mol. The van der Waals surface area contributed by atoms with Crippen LogP contribution in [-0.4, -0.2) is 28.5 Å². The van der Waals surface area contributed by atoms with E-state index in [1.54, 1.807) is 24.3 Å². The predicted molar refractivity (Wildman–Crippen MR) is 110 cm³/mol. The van der Waals surface area contributed by atoms with Crippen LogP contribution in [0.3, 0.4) is 0 Å². The van der Waals surface area contributed by atoms with Gasteiger partial charge in [-0.3, -0.25) is 0 Å². The van der Waals surface area contributed by atoms with Crippen molar-refractivity contribution in [1.82, 2.24) is 4.72 Å². The monoisotopic (exact) mass is 485 g/mol. The second-order valence-corrected chi connectivity index (χ2v) is 10.4. The molecule has 0 amide bonds. The van der Waals surface area contributed by atoms with Gasteiger partial charge in [0, 0.05) is 6.54 Å². The van der Waals surface area contributed by atoms with Crippen molar-refractivity contribution < 1.29 is 35.1 Å². The number of hydrogen-bond donors (Lipinski definition) is 2. The summed E-state index contributed by atoms with van der Waals surface area (Å²) in [4.78, 5) is -2.06. The quantitative estimate of drug-likeness (QED) is 0.533. The maximum absolute atomic E-state index is 13.5. The summed E-state index contributed by atoms with van der Waals surface area (Å²) < 4.78 is 93.5. The smallest absolute Gasteiger partial charge is 0.387 e. The fourth-order valence-electron chi connectivity index (χ4n) is 2.92. The van der Waals surface area contributed by atoms with E-state index in [1.807, 2.05) is 4.72 Å². The van der Waals surface area contributed by atoms with Crippen LogP contribution in [0.4, 0.5) is 13.2 Å². The zero-order chi connectivity index (χ0) is 23.6. The number of alkyl halides is 3. The molecule has 0 heterocycles. The Bertz CT molecular complexity index is 1290. The van der Waals surface area contributed by atoms with Crippen LogP contribution in [-0.2, 0) is 26.0 Å². The minimum atomic E-state index is -5.06. The maximum atomic E-state index is 13.5. The number of sulfonamides is 1. The SMILES string of the molecule is O=S(=O)(NC[C@H](O)c1ccccc1)c1cc(S(=O)(=O)c2ccccc2)ccc1C(F)(F)F. The van der Waals surface area contributed by atoms with Gasteiger partial charge in [-0.05, 0) is 35.9 Å². The van der Waals surface area contributed by atoms with E-state index in [4.69, 9.17) is 0 Å². The number of nitrogens with one attached hydrogen (secondary N) is 1. The van der Waals surface area contributed by atoms with E-state index in [1.165, 1.54) is 36.4 Å². The summed E-state index contributed by atoms with van der Waals surface area (Å²) in [5.41, 5.74) is -1.17. The van der Waals surface area contributed by atoms with Gasteiger partial charge in [-0.15, -0.1) is 0 Å². The third-order valence-corrected chi connectivity index (χ3v) is 7.79. The van der Waals surface area contributed by atoms with E-state index in [0.29, 0.717) is 23.8 Å². The van der Waals surface area contributed by atoms with Crippen LogP contribution in [0.15, 0.2) is 93.5 Å². The lowest BCUT2D eigenvalue weighted by atomic mass is 10.1. The summed E-state index contributed by atoms with van der Waals surface area (Å²) in [7, 11) is -9.10. The van der Waals surface area contributed by atoms with Gasteiger partial charge in [-0.2, -0.15) is 13.2 Å². The minimum Gasteiger partial charge on any atom is -0.387 e. The molecule has 1 atom stereocenters. The molecule has 32 heavy (non-hydrogen) atoms. The Kier molecular flexibility index (Phi) is 6.75. The number of benzene rings is 3. The molecule has 11 heteroatoms. The van der Waals surface area contributed by atoms with Crippen molar-refractivity contribution in [1.29, 1.82) is 0 Å². The molecule has 0 spiro atoms. The minimum absolute atomic E-state index is 0.199. The highest BCUT2D eigenvalue weighted by atomic mass is 32.2. The van der Waals surface area contributed by atoms with Crippen LogP contribution in [0.5, 0.6) is 0 Å². The lowest BCUT2D eigenvalue weighted by molar-refractivity contribution is -0.139. The normalized spacial score (nSPS) is 13.6. The molecule has 3 aromatic rings. The summed E-state index contributed by atoms with van der Waals surface area (Å²) in [6.07, 6.45) is -6.38. The summed E-state index contributed by atoms with van der Waals surface area (Å²) in [5, 5.41) is 10.1. The Morgan fingerprint density at radius 1 is 0.812 bits per heavy atom. The molecule has 3 rings (SSSR count). The summed E-state index contributed by atoms with van der Waals surface area (Å²) >= 11 is 0. The third-order valence-electron chi connectivity index (χ3n) is 4.56. The first-order valence-electron chi connectivity index (χ1n) is 9.17. The van der Waals surface area contributed by atoms with Gasteiger partial charge in [-0.25, -0.2) is 21.6 Å². The van der Waals surface area contributed by atoms with E-state index in [2.05, 4.69) is 0 Å². The van der Waals surface area contributed by atoms with Crippen LogP contribution in [0.2, 0.25) is 0 Å². The summed E-state index contributed by atoms with van der Waals surface area (Å²) in [6.45, 7) is -0.612. The molecule has 6 nitrogen and oxygen atoms in total. The van der Waals surface area contributed by atoms with Gasteiger partial charge in [0.2, 0.25) is 19.9 Å². The first-order chi connectivity index (χ1) is 14.9. The molecule has 0 aliphatic rings. The zero-order valence-corrected chi connectivity index (χ0v) is 18.0. The highest BCUT2D eigenvalue weighted by Gasteiger charge is 2.38. The molecule has 2 N–H and O–H groups in total. The molecule has 0 fully saturated rings. The van der Waals surface area contributed by atoms with Gasteiger partial charge in [0.25, 0.3) is 0 Å². The molecule has 0 bridgehead atoms. The molecule has 0 saturated carbocycles. The molecule has 0 unspecified atom stereocenters. The van der Waals surface area contributed by atoms with Crippen LogP contribution < -0.4 is 4.72 Å². The van der Waals surface area contributed by atoms with Crippen molar-refractivity contribution in [3.63, 3.8) is 0 Å². The topological polar surface area (TPSA) is 101 Å². The molecule has 170 valence electrons. The Labute approximate surface area is 183 Å². The van der Waals surface area contributed by atoms with Crippen LogP contribution >= 0.6 is 0 Å². The van der Waals surface area contributed by atoms with E-state index in [0.717, 1.165) is 0 Å². The molecular formula is C21H18F3NO5S2. The molecule has 3 aromatic carbocycles. The second kappa shape index (κ2) is 9.02. The van der Waals surface area contributed by atoms with E-state index < -0.39 is 54.0 Å². The van der Waals surface area contributed by atoms with Crippen molar-refractivity contribution in [3.8, 4) is 0 Å². The highest BCUT2D eigenvalue weighted by Crippen LogP contribution is 2.36. The van der Waals surface area contributed by atoms with Crippen molar-refractivity contribution in [3.05, 3.63) is 90.0 Å². The zero-order valence-electron chi connectivity index (χ0n) is 16.3. The third kappa shape index (κ3) is 5.18. The standard InChI is InChI=1S/C21H18F3NO5S2/c22-21(23,24)18-12-11-17(31(27,28)16-9-5-2-6-10-16)13-20(18)32(29,30)25-14-19(26)15-7-3-1-4-8-15/h1-13,19,25-26H,14H2/t19-/m0/s1. The number of rotatable bonds is 7. The van der Waals surface area contributed by atoms with E-state index >= 15 is 0 Å². The number of aliphatic hydroxyl groups is 1. The second-order valence-electron chi connectivity index (χ2n) is 6.75. The van der Waals surface area contributed by atoms with Gasteiger partial charge in [-0.1, -0.05) is 48.5 Å². The first-order valence-corrected chi connectivity index (χ1v) is 12.1. The highest BCUT2D eigenvalue weighted by molar-refractivity contribution is 7.91. The largest absolute Gasteiger partial charge is 0.417 e. The summed E-state index contributed by atoms with van der Waals surface area (Å²) in [6, 6.07) is 16.4. The van der Waals surface area contributed by atoms with Gasteiger partial charge in [0.1, 0.15) is 0 Å². The number of aliphatic hydroxyl groups excluding tert-OH is 1. The van der Waals surface area contributed by atoms with Crippen LogP contribution in [0.25, 0.3) is 0 Å². The fraction of sp³-hybridized carbons (Fsp3) is 0.143. The van der Waals surface area contributed by atoms with Gasteiger partial charge >= 0.3 is 6.18 Å². The molecule has 0 aromatic heterocycles. The van der Waals surface area contributed by atoms with Crippen molar-refractivity contribution >= 4 is 19.9 Å². The van der Waals surface area contributed by atoms with Crippen molar-refractivity contribution in [2.75, 3.05) is 6.54 Å². The fourth-order valence-corrected chi connectivity index (χ4v) is 5.59. The first kappa shape index (κ1) is 23.9. The molecular weight excluding hydrogens is 467 g/mol. The van der Waals surface area contributed by atoms with Gasteiger partial charge < -0.3 is 5.11 Å². The maximum Gasteiger partial charge on any atom is 0.417 e.